The molecule has 0 fully saturated rings. The standard InChI is InChI=1S/2C45H28N4OS.C39H24N4S2/c1-2-11-30(12-3-1)43-46-44(31-23-21-29(22-24-31)34-14-10-15-36-35-13-4-7-18-39(35)50-42(34)36)48-45(47-43)32-25-27-33(28-26-32)49-37-16-5-8-19-40(37)51-41-20-9-6-17-38(41)49;1-2-10-30(11-3-1)43-46-44(31-20-18-29(19-21-31)33-24-27-40-36(28-33)35-12-4-7-15-39(35)50-40)48-45(47-43)32-22-25-34(26-23-32)49-37-13-5-8-16-41(37)51-42-17-9-6-14-38(42)49;1-2-11-25(12-3-1)37-40-38(42-39(41-37)30-15-10-14-29-28-13-4-7-18-33(28)45-36(29)30)26-21-23-27(24-22-26)43-31-16-5-8-19-34(31)44-35-20-9-6-17-32(35)43/h2*1-28H;1-24H. The van der Waals surface area contributed by atoms with Gasteiger partial charge in [-0.1, -0.05) is 339 Å². The molecule has 0 atom stereocenters. The Morgan fingerprint density at radius 1 is 0.170 bits per heavy atom. The lowest BCUT2D eigenvalue weighted by Crippen LogP contribution is -2.14. The van der Waals surface area contributed by atoms with Crippen molar-refractivity contribution in [3.05, 3.63) is 485 Å². The van der Waals surface area contributed by atoms with Crippen LogP contribution < -0.4 is 14.7 Å². The lowest BCUT2D eigenvalue weighted by atomic mass is 10.0. The fraction of sp³-hybridized carbons (Fsp3) is 0. The molecular formula is C129H80N12O2S4. The molecule has 9 heterocycles. The van der Waals surface area contributed by atoms with Crippen molar-refractivity contribution in [2.24, 2.45) is 0 Å². The molecule has 3 aliphatic heterocycles. The third-order valence-corrected chi connectivity index (χ3v) is 31.4. The molecule has 18 heteroatoms. The van der Waals surface area contributed by atoms with Crippen LogP contribution in [0.3, 0.4) is 0 Å². The van der Waals surface area contributed by atoms with Crippen LogP contribution in [0, 0.1) is 0 Å². The van der Waals surface area contributed by atoms with Crippen molar-refractivity contribution >= 4 is 162 Å². The third-order valence-electron chi connectivity index (χ3n) is 26.8. The van der Waals surface area contributed by atoms with Gasteiger partial charge in [-0.15, -0.1) is 11.3 Å². The van der Waals surface area contributed by atoms with Crippen LogP contribution in [0.2, 0.25) is 0 Å². The van der Waals surface area contributed by atoms with Gasteiger partial charge in [0, 0.05) is 144 Å². The van der Waals surface area contributed by atoms with Crippen LogP contribution >= 0.6 is 46.6 Å². The van der Waals surface area contributed by atoms with Gasteiger partial charge in [-0.3, -0.25) is 0 Å². The van der Waals surface area contributed by atoms with E-state index in [2.05, 4.69) is 385 Å². The van der Waals surface area contributed by atoms with E-state index < -0.39 is 0 Å². The van der Waals surface area contributed by atoms with Crippen LogP contribution in [0.5, 0.6) is 0 Å². The predicted molar refractivity (Wildman–Crippen MR) is 603 cm³/mol. The highest BCUT2D eigenvalue weighted by molar-refractivity contribution is 8.00. The minimum Gasteiger partial charge on any atom is -0.456 e. The molecule has 26 aromatic rings. The first-order chi connectivity index (χ1) is 72.8. The minimum atomic E-state index is 0.618. The zero-order valence-electron chi connectivity index (χ0n) is 78.5. The predicted octanol–water partition coefficient (Wildman–Crippen LogP) is 35.9. The number of fused-ring (bicyclic) bond motifs is 15. The Kier molecular flexibility index (Phi) is 22.6. The minimum absolute atomic E-state index is 0.618. The third kappa shape index (κ3) is 16.7. The first-order valence-electron chi connectivity index (χ1n) is 48.5. The number of benzene rings is 20. The molecule has 0 aliphatic carbocycles. The number of rotatable bonds is 14. The Hall–Kier alpha value is -18.3. The van der Waals surface area contributed by atoms with E-state index in [9.17, 15) is 0 Å². The van der Waals surface area contributed by atoms with Gasteiger partial charge in [-0.2, -0.15) is 0 Å². The van der Waals surface area contributed by atoms with E-state index in [0.29, 0.717) is 52.4 Å². The van der Waals surface area contributed by atoms with Gasteiger partial charge in [0.2, 0.25) is 0 Å². The number of hydrogen-bond donors (Lipinski definition) is 0. The largest absolute Gasteiger partial charge is 0.456 e. The zero-order valence-corrected chi connectivity index (χ0v) is 81.8. The molecule has 0 bridgehead atoms. The van der Waals surface area contributed by atoms with Gasteiger partial charge in [0.05, 0.1) is 34.1 Å². The molecule has 692 valence electrons. The van der Waals surface area contributed by atoms with Crippen LogP contribution in [-0.2, 0) is 0 Å². The van der Waals surface area contributed by atoms with Crippen LogP contribution in [0.4, 0.5) is 51.2 Å². The molecule has 0 unspecified atom stereocenters. The Bertz CT molecular complexity index is 9400. The molecule has 14 nitrogen and oxygen atoms in total. The summed E-state index contributed by atoms with van der Waals surface area (Å²) in [5, 5.41) is 6.94. The van der Waals surface area contributed by atoms with Crippen LogP contribution in [0.15, 0.2) is 524 Å². The highest BCUT2D eigenvalue weighted by atomic mass is 32.2. The van der Waals surface area contributed by atoms with Gasteiger partial charge in [0.25, 0.3) is 0 Å². The normalized spacial score (nSPS) is 12.2. The fourth-order valence-corrected chi connectivity index (χ4v) is 24.1. The number of hydrogen-bond acceptors (Lipinski definition) is 18. The lowest BCUT2D eigenvalue weighted by molar-refractivity contribution is 0.669. The van der Waals surface area contributed by atoms with E-state index in [1.807, 2.05) is 151 Å². The molecule has 0 radical (unpaired) electrons. The molecular weight excluding hydrogens is 1880 g/mol. The molecule has 147 heavy (non-hydrogen) atoms. The van der Waals surface area contributed by atoms with Gasteiger partial charge >= 0.3 is 0 Å². The summed E-state index contributed by atoms with van der Waals surface area (Å²) in [6.07, 6.45) is 0. The molecule has 0 spiro atoms. The number of furan rings is 2. The highest BCUT2D eigenvalue weighted by Gasteiger charge is 2.30. The van der Waals surface area contributed by atoms with E-state index in [1.165, 1.54) is 83.7 Å². The van der Waals surface area contributed by atoms with Crippen molar-refractivity contribution in [1.29, 1.82) is 0 Å². The number of thiophene rings is 1. The molecule has 6 aromatic heterocycles. The average molecular weight is 1960 g/mol. The van der Waals surface area contributed by atoms with Crippen LogP contribution in [0.25, 0.3) is 189 Å². The lowest BCUT2D eigenvalue weighted by Gasteiger charge is -2.32. The highest BCUT2D eigenvalue weighted by Crippen LogP contribution is 2.56. The summed E-state index contributed by atoms with van der Waals surface area (Å²) in [7, 11) is 0. The quantitative estimate of drug-likeness (QED) is 0.101. The smallest absolute Gasteiger partial charge is 0.165 e. The van der Waals surface area contributed by atoms with Gasteiger partial charge in [-0.25, -0.2) is 44.9 Å². The maximum Gasteiger partial charge on any atom is 0.165 e. The van der Waals surface area contributed by atoms with Crippen molar-refractivity contribution in [2.45, 2.75) is 29.4 Å². The molecule has 3 aliphatic rings. The summed E-state index contributed by atoms with van der Waals surface area (Å²) >= 11 is 7.21. The van der Waals surface area contributed by atoms with Gasteiger partial charge < -0.3 is 23.5 Å². The number of anilines is 9. The second kappa shape index (κ2) is 37.9. The van der Waals surface area contributed by atoms with Crippen LogP contribution in [-0.4, -0.2) is 44.9 Å². The van der Waals surface area contributed by atoms with Crippen LogP contribution in [0.1, 0.15) is 0 Å². The molecule has 0 amide bonds. The Morgan fingerprint density at radius 3 is 0.837 bits per heavy atom. The second-order valence-electron chi connectivity index (χ2n) is 35.8. The summed E-state index contributed by atoms with van der Waals surface area (Å²) in [5.41, 5.74) is 26.7. The summed E-state index contributed by atoms with van der Waals surface area (Å²) in [5.74, 6) is 5.75. The first kappa shape index (κ1) is 87.7. The van der Waals surface area contributed by atoms with E-state index in [1.54, 1.807) is 11.3 Å². The first-order valence-corrected chi connectivity index (χ1v) is 51.8. The Labute approximate surface area is 862 Å². The second-order valence-corrected chi connectivity index (χ2v) is 40.1. The van der Waals surface area contributed by atoms with Crippen molar-refractivity contribution < 1.29 is 8.83 Å². The summed E-state index contributed by atoms with van der Waals surface area (Å²) < 4.78 is 14.8. The molecule has 0 saturated heterocycles. The summed E-state index contributed by atoms with van der Waals surface area (Å²) in [6.45, 7) is 0. The van der Waals surface area contributed by atoms with E-state index in [4.69, 9.17) is 53.7 Å². The molecule has 29 rings (SSSR count). The van der Waals surface area contributed by atoms with Crippen molar-refractivity contribution in [3.63, 3.8) is 0 Å². The maximum atomic E-state index is 6.33. The fourth-order valence-electron chi connectivity index (χ4n) is 19.7. The topological polar surface area (TPSA) is 152 Å². The molecule has 20 aromatic carbocycles. The van der Waals surface area contributed by atoms with Crippen molar-refractivity contribution in [3.8, 4) is 125 Å². The van der Waals surface area contributed by atoms with E-state index in [0.717, 1.165) is 133 Å². The van der Waals surface area contributed by atoms with Crippen molar-refractivity contribution in [1.82, 2.24) is 44.9 Å². The Balaban J connectivity index is 0.000000109. The maximum absolute atomic E-state index is 6.33. The van der Waals surface area contributed by atoms with Gasteiger partial charge in [0.15, 0.2) is 52.4 Å². The summed E-state index contributed by atoms with van der Waals surface area (Å²) in [4.78, 5) is 59.5. The number of aromatic nitrogens is 9. The number of nitrogens with zero attached hydrogens (tertiary/aromatic N) is 12. The average Bonchev–Trinajstić information content (AvgIpc) is 1.14. The van der Waals surface area contributed by atoms with E-state index in [-0.39, 0.29) is 0 Å². The SMILES string of the molecule is c1ccc(-c2nc(-c3ccc(-c4ccc5oc6ccccc6c5c4)cc3)nc(-c3ccc(N4c5ccccc5Sc5ccccc54)cc3)n2)cc1.c1ccc(-c2nc(-c3ccc(-c4cccc5c4oc4ccccc45)cc3)nc(-c3ccc(N4c5ccccc5Sc5ccccc54)cc3)n2)cc1.c1ccc(-c2nc(-c3ccc(N4c5ccccc5Sc5ccccc54)cc3)nc(-c3cccc4c3sc3ccccc34)n2)cc1. The summed E-state index contributed by atoms with van der Waals surface area (Å²) in [6, 6.07) is 168. The Morgan fingerprint density at radius 2 is 0.442 bits per heavy atom. The van der Waals surface area contributed by atoms with Gasteiger partial charge in [-0.05, 0) is 199 Å². The van der Waals surface area contributed by atoms with Crippen molar-refractivity contribution in [2.75, 3.05) is 14.7 Å². The monoisotopic (exact) mass is 1960 g/mol. The zero-order chi connectivity index (χ0) is 97.2. The van der Waals surface area contributed by atoms with E-state index >= 15 is 0 Å². The molecule has 0 saturated carbocycles. The van der Waals surface area contributed by atoms with Gasteiger partial charge in [0.1, 0.15) is 22.3 Å². The number of para-hydroxylation sites is 9. The molecule has 0 N–H and O–H groups in total.